The van der Waals surface area contributed by atoms with Crippen molar-refractivity contribution in [3.8, 4) is 16.9 Å². The molecular formula is C16H17NO. The minimum absolute atomic E-state index is 0.172. The fourth-order valence-corrected chi connectivity index (χ4v) is 2.67. The van der Waals surface area contributed by atoms with Crippen molar-refractivity contribution in [1.82, 2.24) is 0 Å². The van der Waals surface area contributed by atoms with E-state index in [1.807, 2.05) is 12.1 Å². The molecule has 1 unspecified atom stereocenters. The lowest BCUT2D eigenvalue weighted by Gasteiger charge is -2.23. The molecule has 1 atom stereocenters. The highest BCUT2D eigenvalue weighted by Gasteiger charge is 2.17. The normalized spacial score (nSPS) is 18.4. The second-order valence-electron chi connectivity index (χ2n) is 4.96. The fourth-order valence-electron chi connectivity index (χ4n) is 2.67. The van der Waals surface area contributed by atoms with Crippen LogP contribution in [0, 0.1) is 0 Å². The minimum atomic E-state index is 0.172. The van der Waals surface area contributed by atoms with Crippen LogP contribution in [0.5, 0.6) is 5.75 Å². The Balaban J connectivity index is 2.03. The molecule has 0 heterocycles. The van der Waals surface area contributed by atoms with Gasteiger partial charge in [-0.1, -0.05) is 24.3 Å². The van der Waals surface area contributed by atoms with Gasteiger partial charge >= 0.3 is 0 Å². The van der Waals surface area contributed by atoms with Crippen molar-refractivity contribution in [2.24, 2.45) is 5.73 Å². The zero-order valence-corrected chi connectivity index (χ0v) is 10.3. The van der Waals surface area contributed by atoms with Gasteiger partial charge in [0.1, 0.15) is 5.75 Å². The first-order chi connectivity index (χ1) is 8.74. The zero-order chi connectivity index (χ0) is 12.5. The topological polar surface area (TPSA) is 46.2 Å². The molecule has 0 fully saturated rings. The van der Waals surface area contributed by atoms with E-state index in [9.17, 15) is 5.11 Å². The number of rotatable bonds is 1. The molecule has 0 radical (unpaired) electrons. The number of nitrogens with two attached hydrogens (primary N) is 1. The number of hydrogen-bond acceptors (Lipinski definition) is 2. The highest BCUT2D eigenvalue weighted by Crippen LogP contribution is 2.32. The van der Waals surface area contributed by atoms with Gasteiger partial charge in [0, 0.05) is 6.04 Å². The molecule has 2 aromatic rings. The van der Waals surface area contributed by atoms with Gasteiger partial charge in [-0.3, -0.25) is 0 Å². The summed E-state index contributed by atoms with van der Waals surface area (Å²) in [5, 5.41) is 9.32. The second-order valence-corrected chi connectivity index (χ2v) is 4.96. The van der Waals surface area contributed by atoms with Crippen LogP contribution < -0.4 is 5.73 Å². The van der Waals surface area contributed by atoms with Gasteiger partial charge in [-0.05, 0) is 59.7 Å². The lowest BCUT2D eigenvalue weighted by Crippen LogP contribution is -2.17. The van der Waals surface area contributed by atoms with E-state index in [1.165, 1.54) is 23.1 Å². The third kappa shape index (κ3) is 2.00. The third-order valence-corrected chi connectivity index (χ3v) is 3.71. The van der Waals surface area contributed by atoms with E-state index in [-0.39, 0.29) is 6.04 Å². The van der Waals surface area contributed by atoms with E-state index in [2.05, 4.69) is 18.2 Å². The molecule has 0 amide bonds. The number of aryl methyl sites for hydroxylation is 1. The summed E-state index contributed by atoms with van der Waals surface area (Å²) in [6.07, 6.45) is 3.40. The monoisotopic (exact) mass is 239 g/mol. The van der Waals surface area contributed by atoms with Crippen molar-refractivity contribution in [3.05, 3.63) is 53.6 Å². The van der Waals surface area contributed by atoms with Crippen LogP contribution in [0.1, 0.15) is 30.0 Å². The highest BCUT2D eigenvalue weighted by atomic mass is 16.3. The maximum Gasteiger partial charge on any atom is 0.115 e. The summed E-state index contributed by atoms with van der Waals surface area (Å²) in [5.74, 6) is 0.299. The number of phenolic OH excluding ortho intramolecular Hbond substituents is 1. The maximum atomic E-state index is 9.32. The molecule has 0 aliphatic heterocycles. The Hall–Kier alpha value is -1.80. The Morgan fingerprint density at radius 3 is 2.50 bits per heavy atom. The summed E-state index contributed by atoms with van der Waals surface area (Å²) in [6.45, 7) is 0. The molecule has 2 aromatic carbocycles. The molecule has 1 aliphatic carbocycles. The average Bonchev–Trinajstić information content (AvgIpc) is 2.40. The van der Waals surface area contributed by atoms with Crippen LogP contribution in [0.3, 0.4) is 0 Å². The number of benzene rings is 2. The summed E-state index contributed by atoms with van der Waals surface area (Å²) >= 11 is 0. The van der Waals surface area contributed by atoms with Crippen LogP contribution in [0.25, 0.3) is 11.1 Å². The van der Waals surface area contributed by atoms with Crippen LogP contribution in [-0.4, -0.2) is 5.11 Å². The molecule has 3 N–H and O–H groups in total. The quantitative estimate of drug-likeness (QED) is 0.801. The first kappa shape index (κ1) is 11.3. The summed E-state index contributed by atoms with van der Waals surface area (Å²) < 4.78 is 0. The van der Waals surface area contributed by atoms with E-state index in [0.717, 1.165) is 18.4 Å². The summed E-state index contributed by atoms with van der Waals surface area (Å²) in [7, 11) is 0. The molecule has 92 valence electrons. The molecule has 3 rings (SSSR count). The predicted molar refractivity (Wildman–Crippen MR) is 73.4 cm³/mol. The van der Waals surface area contributed by atoms with E-state index in [0.29, 0.717) is 5.75 Å². The fraction of sp³-hybridized carbons (Fsp3) is 0.250. The molecule has 0 bridgehead atoms. The Morgan fingerprint density at radius 2 is 1.72 bits per heavy atom. The summed E-state index contributed by atoms with van der Waals surface area (Å²) in [6, 6.07) is 14.0. The largest absolute Gasteiger partial charge is 0.508 e. The lowest BCUT2D eigenvalue weighted by atomic mass is 9.86. The van der Waals surface area contributed by atoms with Gasteiger partial charge in [0.15, 0.2) is 0 Å². The zero-order valence-electron chi connectivity index (χ0n) is 10.3. The predicted octanol–water partition coefficient (Wildman–Crippen LogP) is 3.40. The summed E-state index contributed by atoms with van der Waals surface area (Å²) in [4.78, 5) is 0. The number of phenols is 1. The molecule has 0 aromatic heterocycles. The molecule has 18 heavy (non-hydrogen) atoms. The first-order valence-corrected chi connectivity index (χ1v) is 6.42. The Bertz CT molecular complexity index is 560. The molecule has 0 saturated heterocycles. The van der Waals surface area contributed by atoms with Crippen molar-refractivity contribution >= 4 is 0 Å². The molecule has 0 spiro atoms. The van der Waals surface area contributed by atoms with E-state index >= 15 is 0 Å². The molecule has 0 saturated carbocycles. The molecule has 2 heteroatoms. The van der Waals surface area contributed by atoms with Gasteiger partial charge in [-0.15, -0.1) is 0 Å². The highest BCUT2D eigenvalue weighted by molar-refractivity contribution is 5.66. The molecule has 2 nitrogen and oxygen atoms in total. The third-order valence-electron chi connectivity index (χ3n) is 3.71. The van der Waals surface area contributed by atoms with E-state index < -0.39 is 0 Å². The Labute approximate surface area is 107 Å². The van der Waals surface area contributed by atoms with Crippen LogP contribution in [-0.2, 0) is 6.42 Å². The Morgan fingerprint density at radius 1 is 1.00 bits per heavy atom. The van der Waals surface area contributed by atoms with Crippen molar-refractivity contribution in [3.63, 3.8) is 0 Å². The van der Waals surface area contributed by atoms with Crippen LogP contribution in [0.15, 0.2) is 42.5 Å². The Kier molecular flexibility index (Phi) is 2.80. The molecular weight excluding hydrogens is 222 g/mol. The van der Waals surface area contributed by atoms with Crippen molar-refractivity contribution in [2.45, 2.75) is 25.3 Å². The smallest absolute Gasteiger partial charge is 0.115 e. The first-order valence-electron chi connectivity index (χ1n) is 6.42. The van der Waals surface area contributed by atoms with Crippen LogP contribution >= 0.6 is 0 Å². The van der Waals surface area contributed by atoms with Gasteiger partial charge < -0.3 is 10.8 Å². The number of hydrogen-bond donors (Lipinski definition) is 2. The van der Waals surface area contributed by atoms with Crippen molar-refractivity contribution in [2.75, 3.05) is 0 Å². The second kappa shape index (κ2) is 4.46. The van der Waals surface area contributed by atoms with Crippen LogP contribution in [0.2, 0.25) is 0 Å². The standard InChI is InChI=1S/C16H17NO/c17-16-3-1-2-12-4-5-13(10-15(12)16)11-6-8-14(18)9-7-11/h4-10,16,18H,1-3,17H2. The maximum absolute atomic E-state index is 9.32. The molecule has 1 aliphatic rings. The van der Waals surface area contributed by atoms with Gasteiger partial charge in [0.2, 0.25) is 0 Å². The SMILES string of the molecule is NC1CCCc2ccc(-c3ccc(O)cc3)cc21. The van der Waals surface area contributed by atoms with Crippen LogP contribution in [0.4, 0.5) is 0 Å². The number of aromatic hydroxyl groups is 1. The van der Waals surface area contributed by atoms with Crippen molar-refractivity contribution < 1.29 is 5.11 Å². The number of fused-ring (bicyclic) bond motifs is 1. The van der Waals surface area contributed by atoms with Crippen molar-refractivity contribution in [1.29, 1.82) is 0 Å². The van der Waals surface area contributed by atoms with Gasteiger partial charge in [0.25, 0.3) is 0 Å². The summed E-state index contributed by atoms with van der Waals surface area (Å²) in [5.41, 5.74) is 11.1. The van der Waals surface area contributed by atoms with Gasteiger partial charge in [0.05, 0.1) is 0 Å². The van der Waals surface area contributed by atoms with Gasteiger partial charge in [-0.2, -0.15) is 0 Å². The van der Waals surface area contributed by atoms with E-state index in [1.54, 1.807) is 12.1 Å². The minimum Gasteiger partial charge on any atom is -0.508 e. The van der Waals surface area contributed by atoms with E-state index in [4.69, 9.17) is 5.73 Å². The lowest BCUT2D eigenvalue weighted by molar-refractivity contribution is 0.475. The average molecular weight is 239 g/mol. The van der Waals surface area contributed by atoms with Gasteiger partial charge in [-0.25, -0.2) is 0 Å².